The van der Waals surface area contributed by atoms with Crippen LogP contribution in [0.4, 0.5) is 0 Å². The Morgan fingerprint density at radius 1 is 1.05 bits per heavy atom. The van der Waals surface area contributed by atoms with Crippen molar-refractivity contribution < 1.29 is 9.53 Å². The number of carbonyl (C=O) groups is 1. The van der Waals surface area contributed by atoms with Crippen molar-refractivity contribution >= 4 is 6.29 Å². The van der Waals surface area contributed by atoms with Gasteiger partial charge >= 0.3 is 0 Å². The van der Waals surface area contributed by atoms with Gasteiger partial charge in [-0.25, -0.2) is 0 Å². The van der Waals surface area contributed by atoms with Crippen LogP contribution >= 0.6 is 0 Å². The molecule has 0 amide bonds. The van der Waals surface area contributed by atoms with Crippen molar-refractivity contribution in [3.05, 3.63) is 54.1 Å². The van der Waals surface area contributed by atoms with Gasteiger partial charge in [0.05, 0.1) is 12.2 Å². The molecule has 0 spiro atoms. The maximum Gasteiger partial charge on any atom is 0.153 e. The fourth-order valence-electron chi connectivity index (χ4n) is 2.23. The molecule has 0 aliphatic rings. The Bertz CT molecular complexity index is 567. The number of benzene rings is 2. The second-order valence-electron chi connectivity index (χ2n) is 4.87. The quantitative estimate of drug-likeness (QED) is 0.595. The number of rotatable bonds is 8. The van der Waals surface area contributed by atoms with Gasteiger partial charge in [-0.2, -0.15) is 0 Å². The van der Waals surface area contributed by atoms with Crippen LogP contribution < -0.4 is 10.1 Å². The van der Waals surface area contributed by atoms with Gasteiger partial charge in [0.1, 0.15) is 5.75 Å². The molecule has 1 N–H and O–H groups in total. The molecule has 0 aliphatic carbocycles. The SMILES string of the molecule is CNCCCCOc1c(C=O)cccc1-c1ccccc1. The Labute approximate surface area is 126 Å². The van der Waals surface area contributed by atoms with Crippen LogP contribution in [0.3, 0.4) is 0 Å². The van der Waals surface area contributed by atoms with Crippen molar-refractivity contribution in [1.29, 1.82) is 0 Å². The van der Waals surface area contributed by atoms with Crippen LogP contribution in [0.5, 0.6) is 5.75 Å². The number of unbranched alkanes of at least 4 members (excludes halogenated alkanes) is 1. The highest BCUT2D eigenvalue weighted by Gasteiger charge is 2.10. The minimum Gasteiger partial charge on any atom is -0.492 e. The zero-order chi connectivity index (χ0) is 14.9. The summed E-state index contributed by atoms with van der Waals surface area (Å²) in [5.41, 5.74) is 2.63. The van der Waals surface area contributed by atoms with E-state index >= 15 is 0 Å². The molecule has 0 bridgehead atoms. The van der Waals surface area contributed by atoms with Crippen molar-refractivity contribution in [3.63, 3.8) is 0 Å². The molecule has 0 radical (unpaired) electrons. The van der Waals surface area contributed by atoms with E-state index in [4.69, 9.17) is 4.74 Å². The summed E-state index contributed by atoms with van der Waals surface area (Å²) in [4.78, 5) is 11.3. The first kappa shape index (κ1) is 15.3. The van der Waals surface area contributed by atoms with Crippen LogP contribution in [0.25, 0.3) is 11.1 Å². The van der Waals surface area contributed by atoms with E-state index in [0.717, 1.165) is 36.8 Å². The third-order valence-corrected chi connectivity index (χ3v) is 3.32. The van der Waals surface area contributed by atoms with Crippen molar-refractivity contribution in [2.45, 2.75) is 12.8 Å². The van der Waals surface area contributed by atoms with Gasteiger partial charge < -0.3 is 10.1 Å². The number of nitrogens with one attached hydrogen (secondary N) is 1. The highest BCUT2D eigenvalue weighted by atomic mass is 16.5. The first-order valence-electron chi connectivity index (χ1n) is 7.28. The van der Waals surface area contributed by atoms with E-state index < -0.39 is 0 Å². The maximum absolute atomic E-state index is 11.3. The third-order valence-electron chi connectivity index (χ3n) is 3.32. The molecule has 0 saturated heterocycles. The summed E-state index contributed by atoms with van der Waals surface area (Å²) in [6.45, 7) is 1.59. The van der Waals surface area contributed by atoms with E-state index in [1.165, 1.54) is 0 Å². The van der Waals surface area contributed by atoms with E-state index in [-0.39, 0.29) is 0 Å². The number of para-hydroxylation sites is 1. The molecule has 0 atom stereocenters. The smallest absolute Gasteiger partial charge is 0.153 e. The summed E-state index contributed by atoms with van der Waals surface area (Å²) in [5, 5.41) is 3.11. The van der Waals surface area contributed by atoms with Gasteiger partial charge in [-0.05, 0) is 38.1 Å². The summed E-state index contributed by atoms with van der Waals surface area (Å²) >= 11 is 0. The molecule has 3 nitrogen and oxygen atoms in total. The van der Waals surface area contributed by atoms with Crippen LogP contribution in [-0.4, -0.2) is 26.5 Å². The van der Waals surface area contributed by atoms with Crippen molar-refractivity contribution in [2.75, 3.05) is 20.2 Å². The van der Waals surface area contributed by atoms with Gasteiger partial charge in [0.2, 0.25) is 0 Å². The monoisotopic (exact) mass is 283 g/mol. The Morgan fingerprint density at radius 2 is 1.86 bits per heavy atom. The summed E-state index contributed by atoms with van der Waals surface area (Å²) in [6, 6.07) is 15.7. The zero-order valence-corrected chi connectivity index (χ0v) is 12.3. The number of ether oxygens (including phenoxy) is 1. The Balaban J connectivity index is 2.19. The number of hydrogen-bond acceptors (Lipinski definition) is 3. The summed E-state index contributed by atoms with van der Waals surface area (Å²) in [7, 11) is 1.94. The minimum absolute atomic E-state index is 0.602. The second-order valence-corrected chi connectivity index (χ2v) is 4.87. The van der Waals surface area contributed by atoms with E-state index in [1.54, 1.807) is 6.07 Å². The van der Waals surface area contributed by atoms with Gasteiger partial charge in [-0.1, -0.05) is 42.5 Å². The van der Waals surface area contributed by atoms with Crippen molar-refractivity contribution in [1.82, 2.24) is 5.32 Å². The third kappa shape index (κ3) is 4.17. The molecule has 2 aromatic carbocycles. The van der Waals surface area contributed by atoms with E-state index in [9.17, 15) is 4.79 Å². The molecule has 110 valence electrons. The molecular formula is C18H21NO2. The van der Waals surface area contributed by atoms with E-state index in [2.05, 4.69) is 5.32 Å². The van der Waals surface area contributed by atoms with Gasteiger partial charge in [0.15, 0.2) is 6.29 Å². The predicted octanol–water partition coefficient (Wildman–Crippen LogP) is 3.54. The largest absolute Gasteiger partial charge is 0.492 e. The Morgan fingerprint density at radius 3 is 2.57 bits per heavy atom. The zero-order valence-electron chi connectivity index (χ0n) is 12.3. The van der Waals surface area contributed by atoms with Crippen molar-refractivity contribution in [3.8, 4) is 16.9 Å². The molecule has 2 rings (SSSR count). The van der Waals surface area contributed by atoms with Crippen LogP contribution in [0.2, 0.25) is 0 Å². The van der Waals surface area contributed by atoms with Gasteiger partial charge in [0, 0.05) is 5.56 Å². The lowest BCUT2D eigenvalue weighted by Crippen LogP contribution is -2.09. The standard InChI is InChI=1S/C18H21NO2/c1-19-12-5-6-13-21-18-16(14-20)10-7-11-17(18)15-8-3-2-4-9-15/h2-4,7-11,14,19H,5-6,12-13H2,1H3. The topological polar surface area (TPSA) is 38.3 Å². The summed E-state index contributed by atoms with van der Waals surface area (Å²) < 4.78 is 5.90. The average Bonchev–Trinajstić information content (AvgIpc) is 2.55. The molecule has 0 aromatic heterocycles. The second kappa shape index (κ2) is 8.22. The van der Waals surface area contributed by atoms with E-state index in [0.29, 0.717) is 17.9 Å². The lowest BCUT2D eigenvalue weighted by molar-refractivity contribution is 0.111. The maximum atomic E-state index is 11.3. The molecule has 21 heavy (non-hydrogen) atoms. The van der Waals surface area contributed by atoms with Gasteiger partial charge in [-0.15, -0.1) is 0 Å². The van der Waals surface area contributed by atoms with E-state index in [1.807, 2.05) is 49.5 Å². The summed E-state index contributed by atoms with van der Waals surface area (Å²) in [5.74, 6) is 0.683. The fourth-order valence-corrected chi connectivity index (χ4v) is 2.23. The van der Waals surface area contributed by atoms with Crippen molar-refractivity contribution in [2.24, 2.45) is 0 Å². The van der Waals surface area contributed by atoms with Gasteiger partial charge in [0.25, 0.3) is 0 Å². The molecule has 0 saturated carbocycles. The number of carbonyl (C=O) groups excluding carboxylic acids is 1. The molecular weight excluding hydrogens is 262 g/mol. The first-order valence-corrected chi connectivity index (χ1v) is 7.28. The Kier molecular flexibility index (Phi) is 5.98. The van der Waals surface area contributed by atoms with Crippen LogP contribution in [0.1, 0.15) is 23.2 Å². The minimum atomic E-state index is 0.602. The van der Waals surface area contributed by atoms with Crippen LogP contribution in [0.15, 0.2) is 48.5 Å². The Hall–Kier alpha value is -2.13. The van der Waals surface area contributed by atoms with Gasteiger partial charge in [-0.3, -0.25) is 4.79 Å². The van der Waals surface area contributed by atoms with Crippen LogP contribution in [0, 0.1) is 0 Å². The normalized spacial score (nSPS) is 10.3. The lowest BCUT2D eigenvalue weighted by Gasteiger charge is -2.14. The highest BCUT2D eigenvalue weighted by molar-refractivity contribution is 5.86. The molecule has 2 aromatic rings. The van der Waals surface area contributed by atoms with Crippen LogP contribution in [-0.2, 0) is 0 Å². The molecule has 0 aliphatic heterocycles. The highest BCUT2D eigenvalue weighted by Crippen LogP contribution is 2.32. The number of hydrogen-bond donors (Lipinski definition) is 1. The molecule has 3 heteroatoms. The molecule has 0 heterocycles. The predicted molar refractivity (Wildman–Crippen MR) is 85.9 cm³/mol. The molecule has 0 fully saturated rings. The summed E-state index contributed by atoms with van der Waals surface area (Å²) in [6.07, 6.45) is 2.87. The average molecular weight is 283 g/mol. The lowest BCUT2D eigenvalue weighted by atomic mass is 10.0. The number of aldehydes is 1. The fraction of sp³-hybridized carbons (Fsp3) is 0.278. The molecule has 0 unspecified atom stereocenters. The first-order chi connectivity index (χ1) is 10.4.